The predicted octanol–water partition coefficient (Wildman–Crippen LogP) is 4.69. The Bertz CT molecular complexity index is 1340. The number of aromatic nitrogens is 2. The lowest BCUT2D eigenvalue weighted by molar-refractivity contribution is 0.00673. The molecule has 5 rings (SSSR count). The Labute approximate surface area is 215 Å². The van der Waals surface area contributed by atoms with Crippen molar-refractivity contribution in [3.8, 4) is 0 Å². The zero-order valence-electron chi connectivity index (χ0n) is 20.7. The third-order valence-corrected chi connectivity index (χ3v) is 7.88. The number of ether oxygens (including phenoxy) is 1. The average molecular weight is 504 g/mol. The molecule has 0 spiro atoms. The number of nitrogens with one attached hydrogen (secondary N) is 1. The molecule has 0 unspecified atom stereocenters. The lowest BCUT2D eigenvalue weighted by Crippen LogP contribution is -2.35. The number of aryl methyl sites for hydroxylation is 1. The van der Waals surface area contributed by atoms with Crippen LogP contribution >= 0.6 is 11.3 Å². The van der Waals surface area contributed by atoms with E-state index in [0.29, 0.717) is 38.0 Å². The van der Waals surface area contributed by atoms with Crippen LogP contribution in [0.3, 0.4) is 0 Å². The number of nitrogens with zero attached hydrogens (tertiary/aromatic N) is 2. The Kier molecular flexibility index (Phi) is 7.92. The second-order valence-electron chi connectivity index (χ2n) is 9.85. The van der Waals surface area contributed by atoms with E-state index in [0.717, 1.165) is 40.6 Å². The lowest BCUT2D eigenvalue weighted by atomic mass is 9.89. The van der Waals surface area contributed by atoms with Crippen molar-refractivity contribution in [1.82, 2.24) is 14.9 Å². The summed E-state index contributed by atoms with van der Waals surface area (Å²) in [5, 5.41) is 11.5. The molecule has 2 N–H and O–H groups in total. The fourth-order valence-corrected chi connectivity index (χ4v) is 6.35. The SMILES string of the molecule is C[C@H]1CCc2c(sc3nc(CN(Cc4ccccc4)C[C@@H](O)COCc4ccccc4)[nH]c(=O)c23)C1. The van der Waals surface area contributed by atoms with Crippen LogP contribution in [0.2, 0.25) is 0 Å². The first-order valence-corrected chi connectivity index (χ1v) is 13.5. The fourth-order valence-electron chi connectivity index (χ4n) is 4.94. The van der Waals surface area contributed by atoms with E-state index < -0.39 is 6.10 Å². The van der Waals surface area contributed by atoms with E-state index >= 15 is 0 Å². The molecule has 6 nitrogen and oxygen atoms in total. The van der Waals surface area contributed by atoms with Crippen molar-refractivity contribution in [1.29, 1.82) is 0 Å². The number of aromatic amines is 1. The molecule has 2 heterocycles. The van der Waals surface area contributed by atoms with Gasteiger partial charge < -0.3 is 14.8 Å². The molecule has 0 saturated carbocycles. The van der Waals surface area contributed by atoms with E-state index in [9.17, 15) is 9.90 Å². The van der Waals surface area contributed by atoms with Gasteiger partial charge in [0.25, 0.3) is 5.56 Å². The summed E-state index contributed by atoms with van der Waals surface area (Å²) in [6.45, 7) is 4.45. The number of H-pyrrole nitrogens is 1. The first-order valence-electron chi connectivity index (χ1n) is 12.6. The molecule has 4 aromatic rings. The number of thiophene rings is 1. The van der Waals surface area contributed by atoms with Crippen molar-refractivity contribution in [2.75, 3.05) is 13.2 Å². The molecule has 2 atom stereocenters. The molecule has 2 aromatic carbocycles. The van der Waals surface area contributed by atoms with Gasteiger partial charge in [0, 0.05) is 18.0 Å². The largest absolute Gasteiger partial charge is 0.389 e. The van der Waals surface area contributed by atoms with Crippen molar-refractivity contribution < 1.29 is 9.84 Å². The second kappa shape index (κ2) is 11.5. The molecule has 0 radical (unpaired) electrons. The Hall–Kier alpha value is -2.84. The first-order chi connectivity index (χ1) is 17.5. The predicted molar refractivity (Wildman–Crippen MR) is 144 cm³/mol. The molecule has 1 aliphatic rings. The maximum atomic E-state index is 13.1. The van der Waals surface area contributed by atoms with Crippen LogP contribution in [0.4, 0.5) is 0 Å². The van der Waals surface area contributed by atoms with Gasteiger partial charge in [0.15, 0.2) is 0 Å². The third-order valence-electron chi connectivity index (χ3n) is 6.73. The van der Waals surface area contributed by atoms with Gasteiger partial charge in [0.2, 0.25) is 0 Å². The summed E-state index contributed by atoms with van der Waals surface area (Å²) in [5.41, 5.74) is 3.36. The highest BCUT2D eigenvalue weighted by Crippen LogP contribution is 2.35. The number of rotatable bonds is 10. The molecule has 188 valence electrons. The van der Waals surface area contributed by atoms with Gasteiger partial charge >= 0.3 is 0 Å². The van der Waals surface area contributed by atoms with E-state index in [2.05, 4.69) is 28.9 Å². The molecule has 0 fully saturated rings. The molecule has 1 aliphatic carbocycles. The normalized spacial score (nSPS) is 16.4. The van der Waals surface area contributed by atoms with Gasteiger partial charge in [-0.1, -0.05) is 67.6 Å². The van der Waals surface area contributed by atoms with Crippen molar-refractivity contribution >= 4 is 21.6 Å². The molecular weight excluding hydrogens is 470 g/mol. The minimum atomic E-state index is -0.664. The summed E-state index contributed by atoms with van der Waals surface area (Å²) in [4.78, 5) is 25.2. The van der Waals surface area contributed by atoms with Gasteiger partial charge in [-0.2, -0.15) is 0 Å². The number of aliphatic hydroxyl groups is 1. The molecule has 2 aromatic heterocycles. The zero-order chi connectivity index (χ0) is 24.9. The van der Waals surface area contributed by atoms with Crippen molar-refractivity contribution in [3.63, 3.8) is 0 Å². The van der Waals surface area contributed by atoms with E-state index in [1.54, 1.807) is 11.3 Å². The van der Waals surface area contributed by atoms with Crippen LogP contribution < -0.4 is 5.56 Å². The molecule has 0 aliphatic heterocycles. The highest BCUT2D eigenvalue weighted by molar-refractivity contribution is 7.18. The Morgan fingerprint density at radius 1 is 1.11 bits per heavy atom. The number of fused-ring (bicyclic) bond motifs is 3. The van der Waals surface area contributed by atoms with E-state index in [1.165, 1.54) is 10.4 Å². The number of hydrogen-bond donors (Lipinski definition) is 2. The van der Waals surface area contributed by atoms with Gasteiger partial charge in [-0.3, -0.25) is 9.69 Å². The monoisotopic (exact) mass is 503 g/mol. The zero-order valence-corrected chi connectivity index (χ0v) is 21.5. The molecule has 0 amide bonds. The minimum absolute atomic E-state index is 0.0477. The van der Waals surface area contributed by atoms with Crippen LogP contribution in [0, 0.1) is 5.92 Å². The van der Waals surface area contributed by atoms with Gasteiger partial charge in [-0.05, 0) is 41.9 Å². The van der Waals surface area contributed by atoms with Crippen LogP contribution in [0.25, 0.3) is 10.2 Å². The van der Waals surface area contributed by atoms with Gasteiger partial charge in [0.1, 0.15) is 10.7 Å². The van der Waals surface area contributed by atoms with Crippen molar-refractivity contribution in [2.24, 2.45) is 5.92 Å². The topological polar surface area (TPSA) is 78.5 Å². The van der Waals surface area contributed by atoms with Crippen LogP contribution in [0.1, 0.15) is 40.7 Å². The number of aliphatic hydroxyl groups excluding tert-OH is 1. The Morgan fingerprint density at radius 3 is 2.58 bits per heavy atom. The molecule has 36 heavy (non-hydrogen) atoms. The van der Waals surface area contributed by atoms with Crippen molar-refractivity contribution in [3.05, 3.63) is 98.4 Å². The Balaban J connectivity index is 1.31. The first kappa shape index (κ1) is 24.8. The van der Waals surface area contributed by atoms with Crippen LogP contribution in [-0.2, 0) is 37.3 Å². The summed E-state index contributed by atoms with van der Waals surface area (Å²) in [6, 6.07) is 20.1. The smallest absolute Gasteiger partial charge is 0.259 e. The quantitative estimate of drug-likeness (QED) is 0.328. The summed E-state index contributed by atoms with van der Waals surface area (Å²) in [5.74, 6) is 1.28. The summed E-state index contributed by atoms with van der Waals surface area (Å²) in [6.07, 6.45) is 2.44. The van der Waals surface area contributed by atoms with Crippen molar-refractivity contribution in [2.45, 2.75) is 52.0 Å². The number of benzene rings is 2. The average Bonchev–Trinajstić information content (AvgIpc) is 3.23. The standard InChI is InChI=1S/C29H33N3O3S/c1-20-12-13-24-25(14-20)36-29-27(24)28(34)30-26(31-29)17-32(15-21-8-4-2-5-9-21)16-23(33)19-35-18-22-10-6-3-7-11-22/h2-11,20,23,33H,12-19H2,1H3,(H,30,31,34)/t20-,23+/m0/s1. The van der Waals surface area contributed by atoms with Crippen LogP contribution in [-0.4, -0.2) is 39.2 Å². The summed E-state index contributed by atoms with van der Waals surface area (Å²) < 4.78 is 5.77. The second-order valence-corrected chi connectivity index (χ2v) is 10.9. The molecule has 7 heteroatoms. The van der Waals surface area contributed by atoms with E-state index in [-0.39, 0.29) is 12.2 Å². The molecule has 0 bridgehead atoms. The number of hydrogen-bond acceptors (Lipinski definition) is 6. The summed E-state index contributed by atoms with van der Waals surface area (Å²) in [7, 11) is 0. The highest BCUT2D eigenvalue weighted by Gasteiger charge is 2.23. The Morgan fingerprint density at radius 2 is 1.83 bits per heavy atom. The van der Waals surface area contributed by atoms with Crippen LogP contribution in [0.15, 0.2) is 65.5 Å². The molecular formula is C29H33N3O3S. The third kappa shape index (κ3) is 6.10. The maximum Gasteiger partial charge on any atom is 0.259 e. The van der Waals surface area contributed by atoms with Gasteiger partial charge in [-0.25, -0.2) is 4.98 Å². The highest BCUT2D eigenvalue weighted by atomic mass is 32.1. The van der Waals surface area contributed by atoms with E-state index in [1.807, 2.05) is 48.5 Å². The van der Waals surface area contributed by atoms with E-state index in [4.69, 9.17) is 9.72 Å². The summed E-state index contributed by atoms with van der Waals surface area (Å²) >= 11 is 1.67. The molecule has 0 saturated heterocycles. The lowest BCUT2D eigenvalue weighted by Gasteiger charge is -2.25. The van der Waals surface area contributed by atoms with Gasteiger partial charge in [-0.15, -0.1) is 11.3 Å². The minimum Gasteiger partial charge on any atom is -0.389 e. The van der Waals surface area contributed by atoms with Crippen LogP contribution in [0.5, 0.6) is 0 Å². The maximum absolute atomic E-state index is 13.1. The fraction of sp³-hybridized carbons (Fsp3) is 0.379. The van der Waals surface area contributed by atoms with Gasteiger partial charge in [0.05, 0.1) is 31.2 Å².